The molecule has 5 atom stereocenters. The number of nitrogens with two attached hydrogens (primary N) is 1. The zero-order chi connectivity index (χ0) is 29.8. The van der Waals surface area contributed by atoms with E-state index in [0.29, 0.717) is 5.69 Å². The number of carbonyl (C=O) groups excluding carboxylic acids is 1. The number of hydrogen-bond acceptors (Lipinski definition) is 11. The minimum atomic E-state index is -1.17. The van der Waals surface area contributed by atoms with Crippen molar-refractivity contribution in [2.75, 3.05) is 28.3 Å². The summed E-state index contributed by atoms with van der Waals surface area (Å²) in [5.74, 6) is -0.935. The summed E-state index contributed by atoms with van der Waals surface area (Å²) in [6, 6.07) is 20.7. The molecule has 6 N–H and O–H groups in total. The van der Waals surface area contributed by atoms with Crippen molar-refractivity contribution >= 4 is 35.0 Å². The summed E-state index contributed by atoms with van der Waals surface area (Å²) in [5.41, 5.74) is 7.72. The van der Waals surface area contributed by atoms with Gasteiger partial charge in [-0.2, -0.15) is 0 Å². The number of aromatic carboxylic acids is 1. The van der Waals surface area contributed by atoms with E-state index < -0.39 is 42.8 Å². The fourth-order valence-corrected chi connectivity index (χ4v) is 4.74. The quantitative estimate of drug-likeness (QED) is 0.192. The average Bonchev–Trinajstić information content (AvgIpc) is 3.59. The van der Waals surface area contributed by atoms with Crippen molar-refractivity contribution in [3.63, 3.8) is 0 Å². The molecule has 6 rings (SSSR count). The van der Waals surface area contributed by atoms with Gasteiger partial charge in [0.05, 0.1) is 0 Å². The Hall–Kier alpha value is -5.31. The molecule has 4 aromatic rings. The summed E-state index contributed by atoms with van der Waals surface area (Å²) in [7, 11) is 0. The van der Waals surface area contributed by atoms with Crippen LogP contribution in [0, 0.1) is 0 Å². The number of nitrogens with zero attached hydrogens (tertiary/aromatic N) is 3. The number of urea groups is 1. The zero-order valence-corrected chi connectivity index (χ0v) is 22.5. The van der Waals surface area contributed by atoms with Gasteiger partial charge in [0.2, 0.25) is 5.88 Å². The number of pyridine rings is 1. The van der Waals surface area contributed by atoms with Crippen LogP contribution in [0.4, 0.5) is 27.8 Å². The highest BCUT2D eigenvalue weighted by Gasteiger charge is 2.53. The monoisotopic (exact) mass is 585 g/mol. The maximum atomic E-state index is 12.5. The van der Waals surface area contributed by atoms with Crippen LogP contribution in [0.3, 0.4) is 0 Å². The van der Waals surface area contributed by atoms with Gasteiger partial charge in [0.1, 0.15) is 42.5 Å². The third-order valence-corrected chi connectivity index (χ3v) is 6.76. The Morgan fingerprint density at radius 2 is 1.58 bits per heavy atom. The number of carboxylic acids is 1. The highest BCUT2D eigenvalue weighted by atomic mass is 16.8. The van der Waals surface area contributed by atoms with Gasteiger partial charge in [-0.05, 0) is 24.3 Å². The van der Waals surface area contributed by atoms with E-state index in [1.807, 2.05) is 36.4 Å². The molecule has 2 fully saturated rings. The molecule has 0 saturated carbocycles. The number of hydrogen-bond donors (Lipinski definition) is 5. The van der Waals surface area contributed by atoms with E-state index >= 15 is 0 Å². The molecular formula is C29H27N7O7. The van der Waals surface area contributed by atoms with Crippen molar-refractivity contribution in [1.29, 1.82) is 0 Å². The lowest BCUT2D eigenvalue weighted by Crippen LogP contribution is -2.35. The van der Waals surface area contributed by atoms with E-state index in [0.717, 1.165) is 5.56 Å². The fraction of sp³-hybridized carbons (Fsp3) is 0.207. The second kappa shape index (κ2) is 12.3. The maximum absolute atomic E-state index is 12.5. The molecule has 43 heavy (non-hydrogen) atoms. The Balaban J connectivity index is 1.19. The summed E-state index contributed by atoms with van der Waals surface area (Å²) >= 11 is 0. The average molecular weight is 586 g/mol. The van der Waals surface area contributed by atoms with Crippen LogP contribution in [0.2, 0.25) is 0 Å². The second-order valence-electron chi connectivity index (χ2n) is 9.59. The summed E-state index contributed by atoms with van der Waals surface area (Å²) in [4.78, 5) is 36.5. The van der Waals surface area contributed by atoms with Crippen LogP contribution in [0.5, 0.6) is 5.88 Å². The standard InChI is InChI=1S/C29H27N7O7/c30-20-23(32-15-33-24(20)36-29(39)34-17-10-5-2-6-11-17)35-26-22-21(42-28(43-22)16-8-3-1-4-9-16)19(41-26)14-40-25-18(27(37)38)12-7-13-31-25/h1-13,15,19,21-22,26,28H,14,30H2,(H,37,38)(H3,32,33,34,35,36,39). The SMILES string of the molecule is Nc1c(NC(=O)Nc2ccccc2)ncnc1NC1OC(COc2ncccc2C(=O)O)C2OC(c3ccccc3)OC12. The van der Waals surface area contributed by atoms with E-state index in [1.165, 1.54) is 24.7 Å². The molecule has 2 aromatic heterocycles. The molecule has 5 unspecified atom stereocenters. The predicted molar refractivity (Wildman–Crippen MR) is 153 cm³/mol. The normalized spacial score (nSPS) is 22.4. The Morgan fingerprint density at radius 1 is 0.860 bits per heavy atom. The van der Waals surface area contributed by atoms with Gasteiger partial charge in [-0.15, -0.1) is 0 Å². The molecule has 0 spiro atoms. The van der Waals surface area contributed by atoms with Crippen molar-refractivity contribution < 1.29 is 33.6 Å². The molecule has 0 aliphatic carbocycles. The van der Waals surface area contributed by atoms with Gasteiger partial charge in [-0.3, -0.25) is 5.32 Å². The van der Waals surface area contributed by atoms with E-state index in [-0.39, 0.29) is 35.4 Å². The Kier molecular flexibility index (Phi) is 7.95. The van der Waals surface area contributed by atoms with Crippen molar-refractivity contribution in [2.45, 2.75) is 30.8 Å². The van der Waals surface area contributed by atoms with Gasteiger partial charge in [-0.1, -0.05) is 48.5 Å². The van der Waals surface area contributed by atoms with Crippen LogP contribution < -0.4 is 26.4 Å². The van der Waals surface area contributed by atoms with Gasteiger partial charge in [0.25, 0.3) is 0 Å². The molecule has 14 heteroatoms. The first-order chi connectivity index (χ1) is 21.0. The molecule has 14 nitrogen and oxygen atoms in total. The first-order valence-corrected chi connectivity index (χ1v) is 13.3. The van der Waals surface area contributed by atoms with E-state index in [4.69, 9.17) is 24.7 Å². The third kappa shape index (κ3) is 6.16. The Morgan fingerprint density at radius 3 is 2.35 bits per heavy atom. The molecule has 220 valence electrons. The Bertz CT molecular complexity index is 1590. The molecule has 2 amide bonds. The van der Waals surface area contributed by atoms with Crippen molar-refractivity contribution in [1.82, 2.24) is 15.0 Å². The number of carboxylic acid groups (broad SMARTS) is 1. The van der Waals surface area contributed by atoms with E-state index in [1.54, 1.807) is 24.3 Å². The summed E-state index contributed by atoms with van der Waals surface area (Å²) < 4.78 is 24.5. The predicted octanol–water partition coefficient (Wildman–Crippen LogP) is 3.49. The number of para-hydroxylation sites is 1. The van der Waals surface area contributed by atoms with Crippen LogP contribution >= 0.6 is 0 Å². The van der Waals surface area contributed by atoms with Gasteiger partial charge in [0, 0.05) is 17.4 Å². The molecular weight excluding hydrogens is 558 g/mol. The Labute approximate surface area is 245 Å². The van der Waals surface area contributed by atoms with Gasteiger partial charge < -0.3 is 40.4 Å². The highest BCUT2D eigenvalue weighted by Crippen LogP contribution is 2.41. The number of amides is 2. The summed E-state index contributed by atoms with van der Waals surface area (Å²) in [6.45, 7) is -0.0762. The van der Waals surface area contributed by atoms with Crippen LogP contribution in [0.15, 0.2) is 85.3 Å². The smallest absolute Gasteiger partial charge is 0.341 e. The summed E-state index contributed by atoms with van der Waals surface area (Å²) in [5, 5.41) is 17.9. The first kappa shape index (κ1) is 27.8. The number of carbonyl (C=O) groups is 2. The number of ether oxygens (including phenoxy) is 4. The van der Waals surface area contributed by atoms with Crippen molar-refractivity contribution in [3.05, 3.63) is 96.4 Å². The molecule has 2 aliphatic heterocycles. The van der Waals surface area contributed by atoms with E-state index in [9.17, 15) is 14.7 Å². The lowest BCUT2D eigenvalue weighted by molar-refractivity contribution is -0.132. The molecule has 2 aromatic carbocycles. The minimum absolute atomic E-state index is 0.0466. The molecule has 0 radical (unpaired) electrons. The zero-order valence-electron chi connectivity index (χ0n) is 22.5. The number of nitrogens with one attached hydrogen (secondary N) is 3. The fourth-order valence-electron chi connectivity index (χ4n) is 4.74. The van der Waals surface area contributed by atoms with Crippen molar-refractivity contribution in [2.24, 2.45) is 0 Å². The van der Waals surface area contributed by atoms with Gasteiger partial charge in [0.15, 0.2) is 24.2 Å². The highest BCUT2D eigenvalue weighted by molar-refractivity contribution is 6.01. The summed E-state index contributed by atoms with van der Waals surface area (Å²) in [6.07, 6.45) is -0.717. The third-order valence-electron chi connectivity index (χ3n) is 6.76. The minimum Gasteiger partial charge on any atom is -0.477 e. The number of rotatable bonds is 9. The number of nitrogen functional groups attached to an aromatic ring is 1. The number of anilines is 4. The van der Waals surface area contributed by atoms with Crippen molar-refractivity contribution in [3.8, 4) is 5.88 Å². The maximum Gasteiger partial charge on any atom is 0.341 e. The largest absolute Gasteiger partial charge is 0.477 e. The van der Waals surface area contributed by atoms with Crippen LogP contribution in [0.25, 0.3) is 0 Å². The number of benzene rings is 2. The first-order valence-electron chi connectivity index (χ1n) is 13.3. The van der Waals surface area contributed by atoms with E-state index in [2.05, 4.69) is 30.9 Å². The lowest BCUT2D eigenvalue weighted by Gasteiger charge is -2.22. The lowest BCUT2D eigenvalue weighted by atomic mass is 10.1. The molecule has 2 saturated heterocycles. The van der Waals surface area contributed by atoms with Crippen LogP contribution in [-0.2, 0) is 14.2 Å². The second-order valence-corrected chi connectivity index (χ2v) is 9.59. The van der Waals surface area contributed by atoms with Gasteiger partial charge in [-0.25, -0.2) is 24.5 Å². The number of fused-ring (bicyclic) bond motifs is 1. The van der Waals surface area contributed by atoms with Gasteiger partial charge >= 0.3 is 12.0 Å². The number of aromatic nitrogens is 3. The topological polar surface area (TPSA) is 192 Å². The van der Waals surface area contributed by atoms with Crippen LogP contribution in [0.1, 0.15) is 22.2 Å². The molecule has 2 aliphatic rings. The van der Waals surface area contributed by atoms with Crippen LogP contribution in [-0.4, -0.2) is 63.2 Å². The molecule has 4 heterocycles. The molecule has 0 bridgehead atoms.